The molecule has 172 valence electrons. The molecule has 3 aromatic rings. The van der Waals surface area contributed by atoms with Crippen LogP contribution in [0.25, 0.3) is 6.08 Å². The fourth-order valence-corrected chi connectivity index (χ4v) is 4.86. The maximum atomic E-state index is 12.7. The third kappa shape index (κ3) is 5.39. The summed E-state index contributed by atoms with van der Waals surface area (Å²) in [6.07, 6.45) is 1.51. The van der Waals surface area contributed by atoms with E-state index in [-0.39, 0.29) is 12.4 Å². The molecule has 1 N–H and O–H groups in total. The Bertz CT molecular complexity index is 1330. The molecule has 1 heterocycles. The number of carbonyl (C=O) groups is 1. The minimum atomic E-state index is -0.525. The average molecular weight is 605 g/mol. The number of anilines is 1. The molecule has 0 saturated carbocycles. The van der Waals surface area contributed by atoms with E-state index < -0.39 is 5.91 Å². The van der Waals surface area contributed by atoms with E-state index in [1.165, 1.54) is 6.08 Å². The molecule has 0 aromatic heterocycles. The van der Waals surface area contributed by atoms with E-state index in [1.807, 2.05) is 24.3 Å². The Morgan fingerprint density at radius 1 is 1.18 bits per heavy atom. The topological polar surface area (TPSA) is 80.6 Å². The van der Waals surface area contributed by atoms with Crippen LogP contribution in [0.3, 0.4) is 0 Å². The van der Waals surface area contributed by atoms with Crippen LogP contribution in [0.4, 0.5) is 5.69 Å². The molecule has 1 amide bonds. The molecule has 1 aliphatic rings. The molecule has 0 saturated heterocycles. The Balaban J connectivity index is 1.50. The van der Waals surface area contributed by atoms with Gasteiger partial charge in [0.25, 0.3) is 5.91 Å². The molecule has 0 fully saturated rings. The predicted molar refractivity (Wildman–Crippen MR) is 137 cm³/mol. The number of ether oxygens (including phenoxy) is 3. The van der Waals surface area contributed by atoms with Crippen molar-refractivity contribution in [2.75, 3.05) is 12.1 Å². The Morgan fingerprint density at radius 2 is 1.91 bits per heavy atom. The lowest BCUT2D eigenvalue weighted by Crippen LogP contribution is -2.14. The van der Waals surface area contributed by atoms with Gasteiger partial charge >= 0.3 is 0 Å². The van der Waals surface area contributed by atoms with Crippen LogP contribution < -0.4 is 19.5 Å². The van der Waals surface area contributed by atoms with Crippen LogP contribution in [0.2, 0.25) is 5.02 Å². The zero-order valence-electron chi connectivity index (χ0n) is 17.8. The number of carbonyl (C=O) groups excluding carboxylic acids is 1. The van der Waals surface area contributed by atoms with Gasteiger partial charge in [-0.1, -0.05) is 23.7 Å². The first-order chi connectivity index (χ1) is 16.4. The van der Waals surface area contributed by atoms with Gasteiger partial charge in [0.1, 0.15) is 24.0 Å². The van der Waals surface area contributed by atoms with Gasteiger partial charge in [0.05, 0.1) is 8.95 Å². The third-order valence-corrected chi connectivity index (χ3v) is 6.62. The Labute approximate surface area is 218 Å². The average Bonchev–Trinajstić information content (AvgIpc) is 3.28. The first-order valence-corrected chi connectivity index (χ1v) is 12.0. The number of benzene rings is 3. The second-order valence-electron chi connectivity index (χ2n) is 7.33. The molecule has 4 rings (SSSR count). The number of nitrogens with one attached hydrogen (secondary N) is 1. The molecule has 1 aliphatic heterocycles. The van der Waals surface area contributed by atoms with Gasteiger partial charge in [-0.25, -0.2) is 0 Å². The first kappa shape index (κ1) is 24.1. The van der Waals surface area contributed by atoms with Crippen molar-refractivity contribution in [3.05, 3.63) is 84.8 Å². The molecule has 9 heteroatoms. The monoisotopic (exact) mass is 602 g/mol. The molecular formula is C25H17Br2ClN2O4. The van der Waals surface area contributed by atoms with E-state index in [4.69, 9.17) is 25.8 Å². The smallest absolute Gasteiger partial charge is 0.266 e. The van der Waals surface area contributed by atoms with E-state index in [2.05, 4.69) is 37.2 Å². The molecule has 3 aromatic carbocycles. The zero-order valence-corrected chi connectivity index (χ0v) is 21.8. The van der Waals surface area contributed by atoms with Gasteiger partial charge < -0.3 is 19.5 Å². The van der Waals surface area contributed by atoms with Gasteiger partial charge in [-0.3, -0.25) is 4.79 Å². The van der Waals surface area contributed by atoms with Crippen LogP contribution in [0.15, 0.2) is 63.0 Å². The van der Waals surface area contributed by atoms with Crippen molar-refractivity contribution in [3.63, 3.8) is 0 Å². The van der Waals surface area contributed by atoms with Crippen LogP contribution in [0, 0.1) is 18.3 Å². The van der Waals surface area contributed by atoms with Gasteiger partial charge in [-0.2, -0.15) is 5.26 Å². The summed E-state index contributed by atoms with van der Waals surface area (Å²) in [6.45, 7) is 2.32. The van der Waals surface area contributed by atoms with Crippen molar-refractivity contribution >= 4 is 61.1 Å². The summed E-state index contributed by atoms with van der Waals surface area (Å²) in [5, 5.41) is 12.8. The van der Waals surface area contributed by atoms with E-state index in [0.29, 0.717) is 49.1 Å². The number of nitriles is 1. The largest absolute Gasteiger partial charge is 0.487 e. The number of amides is 1. The summed E-state index contributed by atoms with van der Waals surface area (Å²) in [4.78, 5) is 12.7. The van der Waals surface area contributed by atoms with Crippen molar-refractivity contribution in [3.8, 4) is 23.3 Å². The Hall–Kier alpha value is -2.99. The van der Waals surface area contributed by atoms with Crippen molar-refractivity contribution in [2.24, 2.45) is 0 Å². The molecule has 6 nitrogen and oxygen atoms in total. The van der Waals surface area contributed by atoms with Crippen LogP contribution in [0.1, 0.15) is 16.7 Å². The molecular weight excluding hydrogens is 588 g/mol. The van der Waals surface area contributed by atoms with E-state index in [0.717, 1.165) is 11.1 Å². The lowest BCUT2D eigenvalue weighted by molar-refractivity contribution is -0.112. The second-order valence-corrected chi connectivity index (χ2v) is 9.44. The maximum Gasteiger partial charge on any atom is 0.266 e. The van der Waals surface area contributed by atoms with E-state index in [1.54, 1.807) is 37.3 Å². The highest BCUT2D eigenvalue weighted by molar-refractivity contribution is 9.11. The summed E-state index contributed by atoms with van der Waals surface area (Å²) in [5.74, 6) is 1.47. The van der Waals surface area contributed by atoms with E-state index in [9.17, 15) is 10.1 Å². The lowest BCUT2D eigenvalue weighted by Gasteiger charge is -2.12. The van der Waals surface area contributed by atoms with E-state index >= 15 is 0 Å². The summed E-state index contributed by atoms with van der Waals surface area (Å²) in [6, 6.07) is 16.3. The molecule has 0 aliphatic carbocycles. The van der Waals surface area contributed by atoms with Crippen molar-refractivity contribution in [1.82, 2.24) is 0 Å². The lowest BCUT2D eigenvalue weighted by atomic mass is 10.1. The normalized spacial score (nSPS) is 12.3. The fraction of sp³-hybridized carbons (Fsp3) is 0.120. The number of rotatable bonds is 6. The van der Waals surface area contributed by atoms with Crippen molar-refractivity contribution in [2.45, 2.75) is 13.5 Å². The number of fused-ring (bicyclic) bond motifs is 1. The maximum absolute atomic E-state index is 12.7. The van der Waals surface area contributed by atoms with Gasteiger partial charge in [-0.15, -0.1) is 0 Å². The van der Waals surface area contributed by atoms with Gasteiger partial charge in [0, 0.05) is 10.7 Å². The second kappa shape index (κ2) is 10.5. The molecule has 0 unspecified atom stereocenters. The highest BCUT2D eigenvalue weighted by atomic mass is 79.9. The van der Waals surface area contributed by atoms with Crippen LogP contribution in [-0.2, 0) is 11.4 Å². The van der Waals surface area contributed by atoms with Crippen LogP contribution >= 0.6 is 43.5 Å². The van der Waals surface area contributed by atoms with Crippen LogP contribution in [-0.4, -0.2) is 12.7 Å². The summed E-state index contributed by atoms with van der Waals surface area (Å²) in [7, 11) is 0. The van der Waals surface area contributed by atoms with Crippen LogP contribution in [0.5, 0.6) is 17.2 Å². The SMILES string of the molecule is Cc1c(Cl)cccc1NC(=O)/C(C#N)=C/c1cc(Br)c(OCc2ccc3c(c2)OCO3)c(Br)c1. The highest BCUT2D eigenvalue weighted by Gasteiger charge is 2.16. The highest BCUT2D eigenvalue weighted by Crippen LogP contribution is 2.37. The summed E-state index contributed by atoms with van der Waals surface area (Å²) in [5.41, 5.74) is 2.79. The predicted octanol–water partition coefficient (Wildman–Crippen LogP) is 7.03. The number of nitrogens with zero attached hydrogens (tertiary/aromatic N) is 1. The van der Waals surface area contributed by atoms with Crippen molar-refractivity contribution in [1.29, 1.82) is 5.26 Å². The number of hydrogen-bond donors (Lipinski definition) is 1. The minimum absolute atomic E-state index is 0.0489. The third-order valence-electron chi connectivity index (χ3n) is 5.03. The number of halogens is 3. The van der Waals surface area contributed by atoms with Gasteiger partial charge in [-0.05, 0) is 97.9 Å². The molecule has 34 heavy (non-hydrogen) atoms. The standard InChI is InChI=1S/C25H17Br2ClN2O4/c1-14-20(28)3-2-4-21(14)30-25(31)17(11-29)7-16-8-18(26)24(19(27)9-16)32-12-15-5-6-22-23(10-15)34-13-33-22/h2-10H,12-13H2,1H3,(H,30,31)/b17-7+. The van der Waals surface area contributed by atoms with Crippen molar-refractivity contribution < 1.29 is 19.0 Å². The minimum Gasteiger partial charge on any atom is -0.487 e. The Kier molecular flexibility index (Phi) is 7.47. The fourth-order valence-electron chi connectivity index (χ4n) is 3.23. The number of hydrogen-bond acceptors (Lipinski definition) is 5. The quantitative estimate of drug-likeness (QED) is 0.242. The molecule has 0 atom stereocenters. The first-order valence-electron chi connectivity index (χ1n) is 10.0. The molecule has 0 radical (unpaired) electrons. The molecule has 0 bridgehead atoms. The Morgan fingerprint density at radius 3 is 2.65 bits per heavy atom. The van der Waals surface area contributed by atoms with Gasteiger partial charge in [0.2, 0.25) is 6.79 Å². The summed E-state index contributed by atoms with van der Waals surface area (Å²) < 4.78 is 18.0. The van der Waals surface area contributed by atoms with Gasteiger partial charge in [0.15, 0.2) is 11.5 Å². The molecule has 0 spiro atoms. The zero-order chi connectivity index (χ0) is 24.2. The summed E-state index contributed by atoms with van der Waals surface area (Å²) >= 11 is 13.1.